The maximum atomic E-state index is 11.3. The highest BCUT2D eigenvalue weighted by atomic mass is 79.9. The monoisotopic (exact) mass is 354 g/mol. The summed E-state index contributed by atoms with van der Waals surface area (Å²) in [6.45, 7) is 2.05. The van der Waals surface area contributed by atoms with Gasteiger partial charge in [-0.3, -0.25) is 10.1 Å². The number of anilines is 1. The maximum absolute atomic E-state index is 11.3. The molecule has 2 rings (SSSR count). The van der Waals surface area contributed by atoms with E-state index in [1.54, 1.807) is 17.4 Å². The van der Waals surface area contributed by atoms with Crippen LogP contribution in [0.5, 0.6) is 0 Å². The molecular formula is C14H15BrN2O2S. The standard InChI is InChI=1S/C14H15BrN2O2S/c1-10(14-4-3-7-20-14)16(2)12-6-5-11(9-15)8-13(12)17(18)19/h3-8,10H,9H2,1-2H3. The maximum Gasteiger partial charge on any atom is 0.292 e. The molecule has 0 amide bonds. The number of nitro groups is 1. The van der Waals surface area contributed by atoms with Crippen molar-refractivity contribution in [2.75, 3.05) is 11.9 Å². The summed E-state index contributed by atoms with van der Waals surface area (Å²) in [5, 5.41) is 13.9. The third-order valence-corrected chi connectivity index (χ3v) is 5.00. The first kappa shape index (κ1) is 15.0. The van der Waals surface area contributed by atoms with Gasteiger partial charge in [-0.2, -0.15) is 0 Å². The van der Waals surface area contributed by atoms with Crippen LogP contribution in [0.4, 0.5) is 11.4 Å². The predicted octanol–water partition coefficient (Wildman–Crippen LogP) is 4.75. The second-order valence-corrected chi connectivity index (χ2v) is 6.06. The van der Waals surface area contributed by atoms with Gasteiger partial charge in [0.25, 0.3) is 5.69 Å². The molecule has 1 atom stereocenters. The largest absolute Gasteiger partial charge is 0.361 e. The summed E-state index contributed by atoms with van der Waals surface area (Å²) >= 11 is 4.99. The molecular weight excluding hydrogens is 340 g/mol. The Morgan fingerprint density at radius 3 is 2.75 bits per heavy atom. The fourth-order valence-corrected chi connectivity index (χ4v) is 3.20. The van der Waals surface area contributed by atoms with Gasteiger partial charge in [-0.15, -0.1) is 11.3 Å². The van der Waals surface area contributed by atoms with E-state index in [9.17, 15) is 10.1 Å². The Bertz CT molecular complexity index is 601. The van der Waals surface area contributed by atoms with Crippen molar-refractivity contribution in [1.29, 1.82) is 0 Å². The van der Waals surface area contributed by atoms with Crippen molar-refractivity contribution in [2.24, 2.45) is 0 Å². The van der Waals surface area contributed by atoms with Crippen LogP contribution in [0.3, 0.4) is 0 Å². The summed E-state index contributed by atoms with van der Waals surface area (Å²) in [4.78, 5) is 14.1. The topological polar surface area (TPSA) is 46.4 Å². The Kier molecular flexibility index (Phi) is 4.77. The molecule has 1 aromatic carbocycles. The normalized spacial score (nSPS) is 12.2. The number of nitro benzene ring substituents is 1. The number of alkyl halides is 1. The molecule has 2 aromatic rings. The number of rotatable bonds is 5. The molecule has 0 spiro atoms. The Balaban J connectivity index is 2.38. The Morgan fingerprint density at radius 1 is 1.45 bits per heavy atom. The number of nitrogens with zero attached hydrogens (tertiary/aromatic N) is 2. The average molecular weight is 355 g/mol. The number of hydrogen-bond acceptors (Lipinski definition) is 4. The molecule has 1 aromatic heterocycles. The van der Waals surface area contributed by atoms with Crippen molar-refractivity contribution < 1.29 is 4.92 Å². The van der Waals surface area contributed by atoms with Gasteiger partial charge in [0.2, 0.25) is 0 Å². The highest BCUT2D eigenvalue weighted by Gasteiger charge is 2.22. The molecule has 0 saturated heterocycles. The summed E-state index contributed by atoms with van der Waals surface area (Å²) in [5.41, 5.74) is 1.69. The zero-order valence-electron chi connectivity index (χ0n) is 11.2. The van der Waals surface area contributed by atoms with Gasteiger partial charge in [0, 0.05) is 23.3 Å². The number of benzene rings is 1. The molecule has 0 bridgehead atoms. The van der Waals surface area contributed by atoms with E-state index in [0.29, 0.717) is 11.0 Å². The quantitative estimate of drug-likeness (QED) is 0.442. The molecule has 0 radical (unpaired) electrons. The summed E-state index contributed by atoms with van der Waals surface area (Å²) in [5.74, 6) is 0. The molecule has 0 aliphatic carbocycles. The third kappa shape index (κ3) is 3.02. The first-order valence-electron chi connectivity index (χ1n) is 6.14. The van der Waals surface area contributed by atoms with E-state index in [1.807, 2.05) is 48.5 Å². The van der Waals surface area contributed by atoms with Crippen LogP contribution in [-0.4, -0.2) is 12.0 Å². The highest BCUT2D eigenvalue weighted by Crippen LogP contribution is 2.35. The van der Waals surface area contributed by atoms with Crippen LogP contribution in [-0.2, 0) is 5.33 Å². The van der Waals surface area contributed by atoms with E-state index in [-0.39, 0.29) is 16.7 Å². The van der Waals surface area contributed by atoms with Gasteiger partial charge in [-0.25, -0.2) is 0 Å². The summed E-state index contributed by atoms with van der Waals surface area (Å²) < 4.78 is 0. The van der Waals surface area contributed by atoms with Crippen molar-refractivity contribution in [1.82, 2.24) is 0 Å². The van der Waals surface area contributed by atoms with Crippen LogP contribution < -0.4 is 4.90 Å². The average Bonchev–Trinajstić information content (AvgIpc) is 2.99. The first-order chi connectivity index (χ1) is 9.54. The van der Waals surface area contributed by atoms with E-state index < -0.39 is 0 Å². The van der Waals surface area contributed by atoms with Gasteiger partial charge < -0.3 is 4.90 Å². The lowest BCUT2D eigenvalue weighted by Crippen LogP contribution is -2.21. The summed E-state index contributed by atoms with van der Waals surface area (Å²) in [6.07, 6.45) is 0. The minimum atomic E-state index is -0.320. The van der Waals surface area contributed by atoms with Crippen LogP contribution in [0.1, 0.15) is 23.4 Å². The van der Waals surface area contributed by atoms with Gasteiger partial charge >= 0.3 is 0 Å². The molecule has 0 N–H and O–H groups in total. The number of thiophene rings is 1. The van der Waals surface area contributed by atoms with Crippen LogP contribution in [0.2, 0.25) is 0 Å². The third-order valence-electron chi connectivity index (χ3n) is 3.31. The SMILES string of the molecule is CC(c1cccs1)N(C)c1ccc(CBr)cc1[N+](=O)[O-]. The molecule has 0 saturated carbocycles. The van der Waals surface area contributed by atoms with Crippen LogP contribution in [0, 0.1) is 10.1 Å². The number of halogens is 1. The molecule has 1 unspecified atom stereocenters. The van der Waals surface area contributed by atoms with Crippen LogP contribution in [0.15, 0.2) is 35.7 Å². The predicted molar refractivity (Wildman–Crippen MR) is 86.9 cm³/mol. The fourth-order valence-electron chi connectivity index (χ4n) is 2.03. The molecule has 0 aliphatic heterocycles. The zero-order valence-corrected chi connectivity index (χ0v) is 13.6. The molecule has 4 nitrogen and oxygen atoms in total. The molecule has 0 fully saturated rings. The van der Waals surface area contributed by atoms with E-state index in [0.717, 1.165) is 5.56 Å². The van der Waals surface area contributed by atoms with Crippen LogP contribution in [0.25, 0.3) is 0 Å². The van der Waals surface area contributed by atoms with Gasteiger partial charge in [0.1, 0.15) is 5.69 Å². The second-order valence-electron chi connectivity index (χ2n) is 4.52. The number of hydrogen-bond donors (Lipinski definition) is 0. The first-order valence-corrected chi connectivity index (χ1v) is 8.14. The van der Waals surface area contributed by atoms with Crippen molar-refractivity contribution in [2.45, 2.75) is 18.3 Å². The van der Waals surface area contributed by atoms with Crippen molar-refractivity contribution in [3.63, 3.8) is 0 Å². The lowest BCUT2D eigenvalue weighted by molar-refractivity contribution is -0.384. The van der Waals surface area contributed by atoms with Crippen molar-refractivity contribution in [3.8, 4) is 0 Å². The molecule has 6 heteroatoms. The van der Waals surface area contributed by atoms with Crippen LogP contribution >= 0.6 is 27.3 Å². The van der Waals surface area contributed by atoms with E-state index in [1.165, 1.54) is 4.88 Å². The van der Waals surface area contributed by atoms with Gasteiger partial charge in [0.15, 0.2) is 0 Å². The second kappa shape index (κ2) is 6.37. The van der Waals surface area contributed by atoms with E-state index in [4.69, 9.17) is 0 Å². The Hall–Kier alpha value is -1.40. The van der Waals surface area contributed by atoms with E-state index >= 15 is 0 Å². The van der Waals surface area contributed by atoms with Gasteiger partial charge in [0.05, 0.1) is 11.0 Å². The zero-order chi connectivity index (χ0) is 14.7. The summed E-state index contributed by atoms with van der Waals surface area (Å²) in [6, 6.07) is 9.50. The lowest BCUT2D eigenvalue weighted by atomic mass is 10.1. The van der Waals surface area contributed by atoms with Gasteiger partial charge in [-0.05, 0) is 30.0 Å². The van der Waals surface area contributed by atoms with E-state index in [2.05, 4.69) is 15.9 Å². The summed E-state index contributed by atoms with van der Waals surface area (Å²) in [7, 11) is 1.89. The molecule has 20 heavy (non-hydrogen) atoms. The smallest absolute Gasteiger partial charge is 0.292 e. The molecule has 1 heterocycles. The van der Waals surface area contributed by atoms with Crippen molar-refractivity contribution in [3.05, 3.63) is 56.3 Å². The lowest BCUT2D eigenvalue weighted by Gasteiger charge is -2.26. The van der Waals surface area contributed by atoms with Crippen molar-refractivity contribution >= 4 is 38.6 Å². The molecule has 106 valence electrons. The fraction of sp³-hybridized carbons (Fsp3) is 0.286. The molecule has 0 aliphatic rings. The minimum Gasteiger partial charge on any atom is -0.361 e. The minimum absolute atomic E-state index is 0.100. The Labute approximate surface area is 130 Å². The Morgan fingerprint density at radius 2 is 2.20 bits per heavy atom. The highest BCUT2D eigenvalue weighted by molar-refractivity contribution is 9.08. The van der Waals surface area contributed by atoms with Gasteiger partial charge in [-0.1, -0.05) is 28.1 Å².